The molecule has 100 valence electrons. The molecule has 0 aromatic heterocycles. The topological polar surface area (TPSA) is 46.5 Å². The zero-order chi connectivity index (χ0) is 13.8. The highest BCUT2D eigenvalue weighted by Crippen LogP contribution is 2.32. The minimum atomic E-state index is -1.45. The monoisotopic (exact) mass is 250 g/mol. The van der Waals surface area contributed by atoms with Crippen molar-refractivity contribution in [3.05, 3.63) is 35.4 Å². The van der Waals surface area contributed by atoms with Gasteiger partial charge in [-0.1, -0.05) is 43.7 Å². The van der Waals surface area contributed by atoms with Crippen molar-refractivity contribution in [3.8, 4) is 0 Å². The highest BCUT2D eigenvalue weighted by molar-refractivity contribution is 5.80. The van der Waals surface area contributed by atoms with Gasteiger partial charge in [0.05, 0.1) is 6.61 Å². The molecular formula is C15H22O3. The van der Waals surface area contributed by atoms with E-state index in [0.717, 1.165) is 11.1 Å². The molecule has 0 radical (unpaired) electrons. The Hall–Kier alpha value is -1.35. The number of rotatable bonds is 5. The van der Waals surface area contributed by atoms with Crippen LogP contribution in [0.5, 0.6) is 0 Å². The van der Waals surface area contributed by atoms with Crippen LogP contribution >= 0.6 is 0 Å². The maximum atomic E-state index is 11.9. The van der Waals surface area contributed by atoms with Gasteiger partial charge in [0.1, 0.15) is 0 Å². The summed E-state index contributed by atoms with van der Waals surface area (Å²) in [5.41, 5.74) is 0.644. The Balaban J connectivity index is 3.00. The lowest BCUT2D eigenvalue weighted by Crippen LogP contribution is -2.44. The molecule has 3 heteroatoms. The van der Waals surface area contributed by atoms with Crippen LogP contribution in [0.3, 0.4) is 0 Å². The number of ether oxygens (including phenoxy) is 1. The summed E-state index contributed by atoms with van der Waals surface area (Å²) in [5.74, 6) is -0.831. The van der Waals surface area contributed by atoms with Crippen LogP contribution in [0.1, 0.15) is 44.2 Å². The lowest BCUT2D eigenvalue weighted by molar-refractivity contribution is -0.167. The molecule has 0 saturated heterocycles. The Kier molecular flexibility index (Phi) is 4.91. The van der Waals surface area contributed by atoms with Crippen LogP contribution in [0.15, 0.2) is 24.3 Å². The van der Waals surface area contributed by atoms with Crippen LogP contribution in [0.4, 0.5) is 0 Å². The first-order valence-corrected chi connectivity index (χ1v) is 6.41. The van der Waals surface area contributed by atoms with Crippen LogP contribution in [-0.2, 0) is 9.53 Å². The molecule has 0 aliphatic rings. The zero-order valence-corrected chi connectivity index (χ0v) is 11.6. The summed E-state index contributed by atoms with van der Waals surface area (Å²) in [6, 6.07) is 7.85. The van der Waals surface area contributed by atoms with Gasteiger partial charge < -0.3 is 9.84 Å². The fraction of sp³-hybridized carbons (Fsp3) is 0.533. The highest BCUT2D eigenvalue weighted by Gasteiger charge is 2.41. The van der Waals surface area contributed by atoms with E-state index in [-0.39, 0.29) is 12.5 Å². The van der Waals surface area contributed by atoms with E-state index < -0.39 is 11.6 Å². The smallest absolute Gasteiger partial charge is 0.338 e. The summed E-state index contributed by atoms with van der Waals surface area (Å²) in [6.45, 7) is 7.67. The summed E-state index contributed by atoms with van der Waals surface area (Å²) < 4.78 is 4.98. The first-order chi connectivity index (χ1) is 8.45. The average molecular weight is 250 g/mol. The van der Waals surface area contributed by atoms with Gasteiger partial charge in [0.2, 0.25) is 0 Å². The number of carbonyl (C=O) groups excluding carboxylic acids is 1. The second-order valence-corrected chi connectivity index (χ2v) is 4.63. The van der Waals surface area contributed by atoms with Crippen molar-refractivity contribution in [3.63, 3.8) is 0 Å². The van der Waals surface area contributed by atoms with Gasteiger partial charge >= 0.3 is 5.97 Å². The van der Waals surface area contributed by atoms with Crippen LogP contribution in [0, 0.1) is 6.92 Å². The van der Waals surface area contributed by atoms with Gasteiger partial charge in [0.15, 0.2) is 5.60 Å². The highest BCUT2D eigenvalue weighted by atomic mass is 16.5. The SMILES string of the molecule is CCOC(=O)C(O)(CC)C(C)c1ccc(C)cc1. The summed E-state index contributed by atoms with van der Waals surface area (Å²) in [7, 11) is 0. The normalized spacial score (nSPS) is 15.8. The fourth-order valence-electron chi connectivity index (χ4n) is 2.01. The van der Waals surface area contributed by atoms with Crippen molar-refractivity contribution in [2.24, 2.45) is 0 Å². The molecule has 0 fully saturated rings. The molecule has 1 rings (SSSR count). The molecule has 1 aromatic carbocycles. The van der Waals surface area contributed by atoms with E-state index in [1.807, 2.05) is 38.1 Å². The second kappa shape index (κ2) is 6.01. The van der Waals surface area contributed by atoms with Gasteiger partial charge in [-0.25, -0.2) is 4.79 Å². The molecule has 0 amide bonds. The fourth-order valence-corrected chi connectivity index (χ4v) is 2.01. The summed E-state index contributed by atoms with van der Waals surface area (Å²) in [6.07, 6.45) is 0.334. The average Bonchev–Trinajstić information content (AvgIpc) is 2.38. The van der Waals surface area contributed by atoms with Crippen LogP contribution < -0.4 is 0 Å². The molecule has 0 aliphatic carbocycles. The number of aryl methyl sites for hydroxylation is 1. The van der Waals surface area contributed by atoms with E-state index in [2.05, 4.69) is 0 Å². The third kappa shape index (κ3) is 2.91. The Bertz CT molecular complexity index is 397. The van der Waals surface area contributed by atoms with Crippen molar-refractivity contribution >= 4 is 5.97 Å². The largest absolute Gasteiger partial charge is 0.464 e. The Morgan fingerprint density at radius 3 is 2.33 bits per heavy atom. The summed E-state index contributed by atoms with van der Waals surface area (Å²) in [4.78, 5) is 11.9. The van der Waals surface area contributed by atoms with Gasteiger partial charge in [-0.05, 0) is 25.8 Å². The lowest BCUT2D eigenvalue weighted by Gasteiger charge is -2.31. The van der Waals surface area contributed by atoms with Gasteiger partial charge in [-0.2, -0.15) is 0 Å². The van der Waals surface area contributed by atoms with Gasteiger partial charge in [0.25, 0.3) is 0 Å². The first-order valence-electron chi connectivity index (χ1n) is 6.41. The van der Waals surface area contributed by atoms with Crippen LogP contribution in [0.2, 0.25) is 0 Å². The Morgan fingerprint density at radius 1 is 1.33 bits per heavy atom. The van der Waals surface area contributed by atoms with E-state index in [1.54, 1.807) is 13.8 Å². The molecular weight excluding hydrogens is 228 g/mol. The molecule has 0 aliphatic heterocycles. The number of hydrogen-bond donors (Lipinski definition) is 1. The molecule has 0 saturated carbocycles. The minimum Gasteiger partial charge on any atom is -0.464 e. The van der Waals surface area contributed by atoms with E-state index >= 15 is 0 Å². The maximum absolute atomic E-state index is 11.9. The molecule has 2 unspecified atom stereocenters. The van der Waals surface area contributed by atoms with E-state index in [9.17, 15) is 9.90 Å². The molecule has 1 aromatic rings. The number of aliphatic hydroxyl groups is 1. The molecule has 0 heterocycles. The van der Waals surface area contributed by atoms with Crippen molar-refractivity contribution in [2.75, 3.05) is 6.61 Å². The number of carbonyl (C=O) groups is 1. The molecule has 2 atom stereocenters. The number of hydrogen-bond acceptors (Lipinski definition) is 3. The molecule has 0 bridgehead atoms. The van der Waals surface area contributed by atoms with Gasteiger partial charge in [-0.15, -0.1) is 0 Å². The molecule has 18 heavy (non-hydrogen) atoms. The van der Waals surface area contributed by atoms with Crippen LogP contribution in [0.25, 0.3) is 0 Å². The quantitative estimate of drug-likeness (QED) is 0.817. The standard InChI is InChI=1S/C15H22O3/c1-5-15(17,14(16)18-6-2)12(4)13-9-7-11(3)8-10-13/h7-10,12,17H,5-6H2,1-4H3. The van der Waals surface area contributed by atoms with E-state index in [0.29, 0.717) is 6.42 Å². The van der Waals surface area contributed by atoms with Gasteiger partial charge in [0, 0.05) is 5.92 Å². The zero-order valence-electron chi connectivity index (χ0n) is 11.6. The van der Waals surface area contributed by atoms with E-state index in [1.165, 1.54) is 0 Å². The van der Waals surface area contributed by atoms with Crippen molar-refractivity contribution in [2.45, 2.75) is 45.6 Å². The molecule has 3 nitrogen and oxygen atoms in total. The predicted molar refractivity (Wildman–Crippen MR) is 71.5 cm³/mol. The summed E-state index contributed by atoms with van der Waals surface area (Å²) in [5, 5.41) is 10.5. The van der Waals surface area contributed by atoms with Gasteiger partial charge in [-0.3, -0.25) is 0 Å². The number of esters is 1. The lowest BCUT2D eigenvalue weighted by atomic mass is 9.81. The van der Waals surface area contributed by atoms with Crippen LogP contribution in [-0.4, -0.2) is 23.3 Å². The molecule has 0 spiro atoms. The Morgan fingerprint density at radius 2 is 1.89 bits per heavy atom. The third-order valence-electron chi connectivity index (χ3n) is 3.46. The number of benzene rings is 1. The second-order valence-electron chi connectivity index (χ2n) is 4.63. The third-order valence-corrected chi connectivity index (χ3v) is 3.46. The maximum Gasteiger partial charge on any atom is 0.338 e. The minimum absolute atomic E-state index is 0.280. The van der Waals surface area contributed by atoms with E-state index in [4.69, 9.17) is 4.74 Å². The first kappa shape index (κ1) is 14.7. The molecule has 1 N–H and O–H groups in total. The van der Waals surface area contributed by atoms with Crippen molar-refractivity contribution < 1.29 is 14.6 Å². The predicted octanol–water partition coefficient (Wildman–Crippen LogP) is 2.80. The van der Waals surface area contributed by atoms with Crippen molar-refractivity contribution in [1.82, 2.24) is 0 Å². The van der Waals surface area contributed by atoms with Crippen molar-refractivity contribution in [1.29, 1.82) is 0 Å². The summed E-state index contributed by atoms with van der Waals surface area (Å²) >= 11 is 0. The Labute approximate surface area is 109 Å².